The SMILES string of the molecule is Oc1ccc(Cc2nccs2)cc1. The summed E-state index contributed by atoms with van der Waals surface area (Å²) in [7, 11) is 0. The summed E-state index contributed by atoms with van der Waals surface area (Å²) in [6.45, 7) is 0. The molecular weight excluding hydrogens is 182 g/mol. The standard InChI is InChI=1S/C10H9NOS/c12-9-3-1-8(2-4-9)7-10-11-5-6-13-10/h1-6,12H,7H2. The molecule has 1 heterocycles. The minimum atomic E-state index is 0.308. The summed E-state index contributed by atoms with van der Waals surface area (Å²) in [5.41, 5.74) is 1.17. The third-order valence-electron chi connectivity index (χ3n) is 1.78. The molecule has 2 aromatic rings. The zero-order valence-corrected chi connectivity index (χ0v) is 7.79. The summed E-state index contributed by atoms with van der Waals surface area (Å²) in [5.74, 6) is 0.308. The Morgan fingerprint density at radius 3 is 2.62 bits per heavy atom. The summed E-state index contributed by atoms with van der Waals surface area (Å²) in [4.78, 5) is 4.19. The Hall–Kier alpha value is -1.35. The van der Waals surface area contributed by atoms with Gasteiger partial charge in [0.25, 0.3) is 0 Å². The summed E-state index contributed by atoms with van der Waals surface area (Å²) in [6, 6.07) is 7.22. The minimum absolute atomic E-state index is 0.308. The van der Waals surface area contributed by atoms with Crippen molar-refractivity contribution in [2.45, 2.75) is 6.42 Å². The molecule has 0 aliphatic carbocycles. The van der Waals surface area contributed by atoms with Gasteiger partial charge in [0, 0.05) is 18.0 Å². The Balaban J connectivity index is 2.15. The number of phenols is 1. The maximum Gasteiger partial charge on any atom is 0.115 e. The van der Waals surface area contributed by atoms with Crippen LogP contribution in [0.15, 0.2) is 35.8 Å². The average molecular weight is 191 g/mol. The summed E-state index contributed by atoms with van der Waals surface area (Å²) >= 11 is 1.65. The number of phenolic OH excluding ortho intramolecular Hbond substituents is 1. The predicted molar refractivity (Wildman–Crippen MR) is 53.0 cm³/mol. The highest BCUT2D eigenvalue weighted by molar-refractivity contribution is 7.09. The Kier molecular flexibility index (Phi) is 2.27. The van der Waals surface area contributed by atoms with Crippen LogP contribution in [0.4, 0.5) is 0 Å². The highest BCUT2D eigenvalue weighted by Gasteiger charge is 1.97. The van der Waals surface area contributed by atoms with Gasteiger partial charge in [-0.1, -0.05) is 12.1 Å². The molecule has 1 aromatic heterocycles. The van der Waals surface area contributed by atoms with E-state index in [2.05, 4.69) is 4.98 Å². The Morgan fingerprint density at radius 2 is 2.00 bits per heavy atom. The number of benzene rings is 1. The molecule has 1 N–H and O–H groups in total. The van der Waals surface area contributed by atoms with Crippen LogP contribution in [0, 0.1) is 0 Å². The number of nitrogens with zero attached hydrogens (tertiary/aromatic N) is 1. The largest absolute Gasteiger partial charge is 0.508 e. The van der Waals surface area contributed by atoms with Gasteiger partial charge >= 0.3 is 0 Å². The Morgan fingerprint density at radius 1 is 1.23 bits per heavy atom. The third-order valence-corrected chi connectivity index (χ3v) is 2.55. The molecule has 1 aromatic carbocycles. The van der Waals surface area contributed by atoms with Crippen LogP contribution in [-0.2, 0) is 6.42 Å². The van der Waals surface area contributed by atoms with Crippen molar-refractivity contribution >= 4 is 11.3 Å². The van der Waals surface area contributed by atoms with E-state index in [1.54, 1.807) is 29.7 Å². The summed E-state index contributed by atoms with van der Waals surface area (Å²) in [5, 5.41) is 12.1. The minimum Gasteiger partial charge on any atom is -0.508 e. The first-order valence-corrected chi connectivity index (χ1v) is 4.89. The van der Waals surface area contributed by atoms with E-state index in [-0.39, 0.29) is 0 Å². The van der Waals surface area contributed by atoms with E-state index >= 15 is 0 Å². The highest BCUT2D eigenvalue weighted by atomic mass is 32.1. The molecule has 0 unspecified atom stereocenters. The molecule has 3 heteroatoms. The molecule has 2 nitrogen and oxygen atoms in total. The van der Waals surface area contributed by atoms with Crippen molar-refractivity contribution in [3.05, 3.63) is 46.4 Å². The lowest BCUT2D eigenvalue weighted by Gasteiger charge is -1.97. The van der Waals surface area contributed by atoms with Gasteiger partial charge < -0.3 is 5.11 Å². The number of rotatable bonds is 2. The molecule has 0 aliphatic heterocycles. The maximum atomic E-state index is 9.07. The normalized spacial score (nSPS) is 10.2. The molecule has 0 bridgehead atoms. The first-order chi connectivity index (χ1) is 6.34. The second kappa shape index (κ2) is 3.58. The number of aromatic nitrogens is 1. The van der Waals surface area contributed by atoms with Crippen LogP contribution in [0.1, 0.15) is 10.6 Å². The molecule has 0 atom stereocenters. The van der Waals surface area contributed by atoms with Gasteiger partial charge in [-0.25, -0.2) is 4.98 Å². The zero-order valence-electron chi connectivity index (χ0n) is 6.97. The molecule has 0 fully saturated rings. The van der Waals surface area contributed by atoms with Crippen LogP contribution < -0.4 is 0 Å². The lowest BCUT2D eigenvalue weighted by molar-refractivity contribution is 0.475. The van der Waals surface area contributed by atoms with Gasteiger partial charge in [0.05, 0.1) is 5.01 Å². The predicted octanol–water partition coefficient (Wildman–Crippen LogP) is 2.44. The van der Waals surface area contributed by atoms with Crippen LogP contribution in [-0.4, -0.2) is 10.1 Å². The molecule has 0 radical (unpaired) electrons. The van der Waals surface area contributed by atoms with Crippen molar-refractivity contribution in [1.82, 2.24) is 4.98 Å². The van der Waals surface area contributed by atoms with E-state index in [0.29, 0.717) is 5.75 Å². The van der Waals surface area contributed by atoms with Crippen LogP contribution >= 0.6 is 11.3 Å². The highest BCUT2D eigenvalue weighted by Crippen LogP contribution is 2.14. The maximum absolute atomic E-state index is 9.07. The summed E-state index contributed by atoms with van der Waals surface area (Å²) in [6.07, 6.45) is 2.65. The smallest absolute Gasteiger partial charge is 0.115 e. The van der Waals surface area contributed by atoms with Gasteiger partial charge in [0.2, 0.25) is 0 Å². The third kappa shape index (κ3) is 2.06. The second-order valence-electron chi connectivity index (χ2n) is 2.77. The Labute approximate surface area is 80.5 Å². The lowest BCUT2D eigenvalue weighted by Crippen LogP contribution is -1.85. The molecule has 0 aliphatic rings. The van der Waals surface area contributed by atoms with E-state index < -0.39 is 0 Å². The molecular formula is C10H9NOS. The first-order valence-electron chi connectivity index (χ1n) is 4.01. The van der Waals surface area contributed by atoms with Crippen molar-refractivity contribution in [3.63, 3.8) is 0 Å². The van der Waals surface area contributed by atoms with Gasteiger partial charge in [-0.3, -0.25) is 0 Å². The van der Waals surface area contributed by atoms with E-state index in [1.165, 1.54) is 5.56 Å². The molecule has 0 spiro atoms. The van der Waals surface area contributed by atoms with Crippen molar-refractivity contribution in [1.29, 1.82) is 0 Å². The average Bonchev–Trinajstić information content (AvgIpc) is 2.62. The van der Waals surface area contributed by atoms with Gasteiger partial charge in [-0.05, 0) is 17.7 Å². The fraction of sp³-hybridized carbons (Fsp3) is 0.100. The molecule has 0 saturated carbocycles. The van der Waals surface area contributed by atoms with E-state index in [0.717, 1.165) is 11.4 Å². The molecule has 66 valence electrons. The fourth-order valence-corrected chi connectivity index (χ4v) is 1.78. The van der Waals surface area contributed by atoms with Crippen LogP contribution in [0.2, 0.25) is 0 Å². The number of hydrogen-bond donors (Lipinski definition) is 1. The van der Waals surface area contributed by atoms with E-state index in [1.807, 2.05) is 17.5 Å². The molecule has 0 amide bonds. The summed E-state index contributed by atoms with van der Waals surface area (Å²) < 4.78 is 0. The van der Waals surface area contributed by atoms with Gasteiger partial charge in [0.1, 0.15) is 5.75 Å². The van der Waals surface area contributed by atoms with Gasteiger partial charge in [-0.15, -0.1) is 11.3 Å². The molecule has 13 heavy (non-hydrogen) atoms. The number of hydrogen-bond acceptors (Lipinski definition) is 3. The van der Waals surface area contributed by atoms with Crippen molar-refractivity contribution in [2.75, 3.05) is 0 Å². The fourth-order valence-electron chi connectivity index (χ4n) is 1.13. The van der Waals surface area contributed by atoms with Gasteiger partial charge in [0.15, 0.2) is 0 Å². The van der Waals surface area contributed by atoms with Crippen molar-refractivity contribution < 1.29 is 5.11 Å². The van der Waals surface area contributed by atoms with Crippen molar-refractivity contribution in [2.24, 2.45) is 0 Å². The zero-order chi connectivity index (χ0) is 9.10. The topological polar surface area (TPSA) is 33.1 Å². The van der Waals surface area contributed by atoms with Crippen LogP contribution in [0.3, 0.4) is 0 Å². The monoisotopic (exact) mass is 191 g/mol. The van der Waals surface area contributed by atoms with E-state index in [4.69, 9.17) is 5.11 Å². The Bertz CT molecular complexity index is 366. The molecule has 0 saturated heterocycles. The van der Waals surface area contributed by atoms with E-state index in [9.17, 15) is 0 Å². The number of aromatic hydroxyl groups is 1. The number of thiazole rings is 1. The van der Waals surface area contributed by atoms with Crippen LogP contribution in [0.25, 0.3) is 0 Å². The first kappa shape index (κ1) is 8.26. The molecule has 2 rings (SSSR count). The quantitative estimate of drug-likeness (QED) is 0.790. The van der Waals surface area contributed by atoms with Crippen molar-refractivity contribution in [3.8, 4) is 5.75 Å². The second-order valence-corrected chi connectivity index (χ2v) is 3.75. The van der Waals surface area contributed by atoms with Gasteiger partial charge in [-0.2, -0.15) is 0 Å². The lowest BCUT2D eigenvalue weighted by atomic mass is 10.1. The van der Waals surface area contributed by atoms with Crippen LogP contribution in [0.5, 0.6) is 5.75 Å².